The lowest BCUT2D eigenvalue weighted by Crippen LogP contribution is -2.32. The van der Waals surface area contributed by atoms with Crippen LogP contribution in [0.25, 0.3) is 0 Å². The average molecular weight is 237 g/mol. The van der Waals surface area contributed by atoms with Gasteiger partial charge in [-0.15, -0.1) is 0 Å². The SMILES string of the molecule is CCCNC(CCC(C)C)C1=CCCCCC1. The third-order valence-corrected chi connectivity index (χ3v) is 3.70. The molecule has 1 aliphatic carbocycles. The second kappa shape index (κ2) is 8.74. The molecule has 0 aromatic rings. The van der Waals surface area contributed by atoms with Crippen molar-refractivity contribution < 1.29 is 0 Å². The van der Waals surface area contributed by atoms with Crippen molar-refractivity contribution in [2.75, 3.05) is 6.54 Å². The second-order valence-corrected chi connectivity index (χ2v) is 5.86. The van der Waals surface area contributed by atoms with E-state index in [2.05, 4.69) is 32.2 Å². The summed E-state index contributed by atoms with van der Waals surface area (Å²) in [6, 6.07) is 0.662. The lowest BCUT2D eigenvalue weighted by molar-refractivity contribution is 0.456. The first-order valence-corrected chi connectivity index (χ1v) is 7.66. The topological polar surface area (TPSA) is 12.0 Å². The number of allylic oxidation sites excluding steroid dienone is 1. The molecule has 0 saturated heterocycles. The minimum atomic E-state index is 0.662. The molecule has 100 valence electrons. The molecule has 1 atom stereocenters. The van der Waals surface area contributed by atoms with Crippen LogP contribution in [0.2, 0.25) is 0 Å². The predicted octanol–water partition coefficient (Wildman–Crippen LogP) is 4.68. The number of rotatable bonds is 7. The summed E-state index contributed by atoms with van der Waals surface area (Å²) in [4.78, 5) is 0. The van der Waals surface area contributed by atoms with Gasteiger partial charge in [0, 0.05) is 6.04 Å². The molecule has 1 aliphatic rings. The van der Waals surface area contributed by atoms with Gasteiger partial charge >= 0.3 is 0 Å². The molecule has 17 heavy (non-hydrogen) atoms. The largest absolute Gasteiger partial charge is 0.310 e. The van der Waals surface area contributed by atoms with Gasteiger partial charge in [-0.1, -0.05) is 38.8 Å². The Morgan fingerprint density at radius 2 is 2.00 bits per heavy atom. The summed E-state index contributed by atoms with van der Waals surface area (Å²) in [5.74, 6) is 0.826. The van der Waals surface area contributed by atoms with Crippen LogP contribution >= 0.6 is 0 Å². The van der Waals surface area contributed by atoms with Gasteiger partial charge in [0.05, 0.1) is 0 Å². The molecule has 1 unspecified atom stereocenters. The number of hydrogen-bond acceptors (Lipinski definition) is 1. The van der Waals surface area contributed by atoms with Crippen molar-refractivity contribution in [3.63, 3.8) is 0 Å². The first kappa shape index (κ1) is 14.8. The van der Waals surface area contributed by atoms with Gasteiger partial charge < -0.3 is 5.32 Å². The summed E-state index contributed by atoms with van der Waals surface area (Å²) in [5, 5.41) is 3.75. The van der Waals surface area contributed by atoms with Crippen molar-refractivity contribution in [3.8, 4) is 0 Å². The molecule has 0 heterocycles. The molecule has 1 heteroatoms. The van der Waals surface area contributed by atoms with Crippen molar-refractivity contribution in [2.45, 2.75) is 78.2 Å². The van der Waals surface area contributed by atoms with Gasteiger partial charge in [0.25, 0.3) is 0 Å². The number of nitrogens with one attached hydrogen (secondary N) is 1. The quantitative estimate of drug-likeness (QED) is 0.634. The predicted molar refractivity (Wildman–Crippen MR) is 77.3 cm³/mol. The average Bonchev–Trinajstić information content (AvgIpc) is 2.57. The van der Waals surface area contributed by atoms with E-state index in [1.165, 1.54) is 57.9 Å². The van der Waals surface area contributed by atoms with Crippen molar-refractivity contribution in [2.24, 2.45) is 5.92 Å². The van der Waals surface area contributed by atoms with Gasteiger partial charge in [-0.2, -0.15) is 0 Å². The van der Waals surface area contributed by atoms with Crippen LogP contribution < -0.4 is 5.32 Å². The standard InChI is InChI=1S/C16H31N/c1-4-13-17-16(12-11-14(2)3)15-9-7-5-6-8-10-15/h9,14,16-17H,4-8,10-13H2,1-3H3. The van der Waals surface area contributed by atoms with E-state index in [1.807, 2.05) is 0 Å². The highest BCUT2D eigenvalue weighted by Gasteiger charge is 2.15. The van der Waals surface area contributed by atoms with Gasteiger partial charge in [0.1, 0.15) is 0 Å². The van der Waals surface area contributed by atoms with E-state index in [9.17, 15) is 0 Å². The highest BCUT2D eigenvalue weighted by molar-refractivity contribution is 5.12. The Labute approximate surface area is 108 Å². The maximum atomic E-state index is 3.75. The minimum Gasteiger partial charge on any atom is -0.310 e. The van der Waals surface area contributed by atoms with E-state index in [1.54, 1.807) is 5.57 Å². The van der Waals surface area contributed by atoms with Gasteiger partial charge in [-0.3, -0.25) is 0 Å². The Bertz CT molecular complexity index is 218. The zero-order chi connectivity index (χ0) is 12.5. The molecule has 0 radical (unpaired) electrons. The van der Waals surface area contributed by atoms with Gasteiger partial charge in [-0.25, -0.2) is 0 Å². The minimum absolute atomic E-state index is 0.662. The van der Waals surface area contributed by atoms with Gasteiger partial charge in [0.15, 0.2) is 0 Å². The Balaban J connectivity index is 2.49. The fourth-order valence-corrected chi connectivity index (χ4v) is 2.59. The van der Waals surface area contributed by atoms with Crippen molar-refractivity contribution in [1.82, 2.24) is 5.32 Å². The van der Waals surface area contributed by atoms with Crippen LogP contribution in [0.3, 0.4) is 0 Å². The molecule has 1 rings (SSSR count). The van der Waals surface area contributed by atoms with Crippen molar-refractivity contribution >= 4 is 0 Å². The molecule has 0 amide bonds. The normalized spacial score (nSPS) is 18.9. The maximum Gasteiger partial charge on any atom is 0.0279 e. The lowest BCUT2D eigenvalue weighted by Gasteiger charge is -2.22. The van der Waals surface area contributed by atoms with E-state index in [-0.39, 0.29) is 0 Å². The van der Waals surface area contributed by atoms with Gasteiger partial charge in [0.2, 0.25) is 0 Å². The molecule has 1 N–H and O–H groups in total. The zero-order valence-corrected chi connectivity index (χ0v) is 12.1. The molecule has 0 aromatic carbocycles. The smallest absolute Gasteiger partial charge is 0.0279 e. The molecular weight excluding hydrogens is 206 g/mol. The summed E-state index contributed by atoms with van der Waals surface area (Å²) < 4.78 is 0. The molecule has 0 saturated carbocycles. The van der Waals surface area contributed by atoms with Crippen molar-refractivity contribution in [1.29, 1.82) is 0 Å². The van der Waals surface area contributed by atoms with Crippen LogP contribution in [0.15, 0.2) is 11.6 Å². The fraction of sp³-hybridized carbons (Fsp3) is 0.875. The molecule has 0 aromatic heterocycles. The molecule has 0 spiro atoms. The summed E-state index contributed by atoms with van der Waals surface area (Å²) in [7, 11) is 0. The van der Waals surface area contributed by atoms with Crippen LogP contribution in [0, 0.1) is 5.92 Å². The zero-order valence-electron chi connectivity index (χ0n) is 12.1. The lowest BCUT2D eigenvalue weighted by atomic mass is 9.94. The molecule has 0 bridgehead atoms. The van der Waals surface area contributed by atoms with Crippen LogP contribution in [0.1, 0.15) is 72.1 Å². The van der Waals surface area contributed by atoms with Crippen LogP contribution in [0.5, 0.6) is 0 Å². The van der Waals surface area contributed by atoms with E-state index in [0.717, 1.165) is 5.92 Å². The summed E-state index contributed by atoms with van der Waals surface area (Å²) in [6.45, 7) is 8.09. The molecule has 0 aliphatic heterocycles. The monoisotopic (exact) mass is 237 g/mol. The third kappa shape index (κ3) is 6.26. The van der Waals surface area contributed by atoms with E-state index < -0.39 is 0 Å². The van der Waals surface area contributed by atoms with Crippen LogP contribution in [-0.4, -0.2) is 12.6 Å². The summed E-state index contributed by atoms with van der Waals surface area (Å²) in [5.41, 5.74) is 1.71. The Hall–Kier alpha value is -0.300. The fourth-order valence-electron chi connectivity index (χ4n) is 2.59. The Morgan fingerprint density at radius 1 is 1.18 bits per heavy atom. The third-order valence-electron chi connectivity index (χ3n) is 3.70. The Kier molecular flexibility index (Phi) is 7.59. The maximum absolute atomic E-state index is 3.75. The highest BCUT2D eigenvalue weighted by atomic mass is 14.9. The van der Waals surface area contributed by atoms with Crippen LogP contribution in [-0.2, 0) is 0 Å². The van der Waals surface area contributed by atoms with Crippen LogP contribution in [0.4, 0.5) is 0 Å². The Morgan fingerprint density at radius 3 is 2.71 bits per heavy atom. The van der Waals surface area contributed by atoms with E-state index in [4.69, 9.17) is 0 Å². The second-order valence-electron chi connectivity index (χ2n) is 5.86. The summed E-state index contributed by atoms with van der Waals surface area (Å²) >= 11 is 0. The van der Waals surface area contributed by atoms with E-state index >= 15 is 0 Å². The molecular formula is C16H31N. The van der Waals surface area contributed by atoms with E-state index in [0.29, 0.717) is 6.04 Å². The number of hydrogen-bond donors (Lipinski definition) is 1. The first-order chi connectivity index (χ1) is 8.24. The highest BCUT2D eigenvalue weighted by Crippen LogP contribution is 2.23. The summed E-state index contributed by atoms with van der Waals surface area (Å²) in [6.07, 6.45) is 13.3. The van der Waals surface area contributed by atoms with Gasteiger partial charge in [-0.05, 0) is 57.4 Å². The molecule has 0 fully saturated rings. The first-order valence-electron chi connectivity index (χ1n) is 7.66. The molecule has 1 nitrogen and oxygen atoms in total. The van der Waals surface area contributed by atoms with Crippen molar-refractivity contribution in [3.05, 3.63) is 11.6 Å².